The number of pyridine rings is 1. The molecule has 11 heteroatoms. The van der Waals surface area contributed by atoms with Gasteiger partial charge in [0.1, 0.15) is 10.8 Å². The highest BCUT2D eigenvalue weighted by atomic mass is 32.2. The Balaban J connectivity index is 1.81. The van der Waals surface area contributed by atoms with Crippen molar-refractivity contribution in [3.8, 4) is 11.3 Å². The maximum Gasteiger partial charge on any atom is 0.416 e. The van der Waals surface area contributed by atoms with Gasteiger partial charge in [-0.2, -0.15) is 13.2 Å². The van der Waals surface area contributed by atoms with Gasteiger partial charge in [-0.25, -0.2) is 13.4 Å². The Bertz CT molecular complexity index is 1420. The molecule has 0 fully saturated rings. The summed E-state index contributed by atoms with van der Waals surface area (Å²) in [6.07, 6.45) is -3.07. The fourth-order valence-corrected chi connectivity index (χ4v) is 5.91. The Morgan fingerprint density at radius 3 is 2.50 bits per heavy atom. The maximum atomic E-state index is 13.3. The monoisotopic (exact) mass is 508 g/mol. The lowest BCUT2D eigenvalue weighted by atomic mass is 9.94. The topological polar surface area (TPSA) is 100 Å². The van der Waals surface area contributed by atoms with Crippen molar-refractivity contribution >= 4 is 31.9 Å². The Kier molecular flexibility index (Phi) is 6.72. The van der Waals surface area contributed by atoms with Gasteiger partial charge in [-0.15, -0.1) is 11.3 Å². The quantitative estimate of drug-likeness (QED) is 0.387. The number of rotatable bonds is 7. The molecule has 0 radical (unpaired) electrons. The van der Waals surface area contributed by atoms with E-state index in [1.807, 2.05) is 0 Å². The number of alkyl halides is 3. The number of aliphatic hydroxyl groups is 2. The van der Waals surface area contributed by atoms with Crippen molar-refractivity contribution < 1.29 is 31.8 Å². The van der Waals surface area contributed by atoms with Crippen molar-refractivity contribution in [3.05, 3.63) is 76.4 Å². The molecule has 0 aliphatic carbocycles. The van der Waals surface area contributed by atoms with Crippen LogP contribution in [0.1, 0.15) is 16.1 Å². The fourth-order valence-electron chi connectivity index (χ4n) is 3.62. The van der Waals surface area contributed by atoms with Gasteiger partial charge < -0.3 is 10.2 Å². The van der Waals surface area contributed by atoms with E-state index in [4.69, 9.17) is 0 Å². The van der Waals surface area contributed by atoms with Crippen LogP contribution in [0.2, 0.25) is 0 Å². The molecule has 0 saturated heterocycles. The van der Waals surface area contributed by atoms with Crippen LogP contribution in [0.15, 0.2) is 65.1 Å². The molecule has 4 aromatic rings. The van der Waals surface area contributed by atoms with Crippen LogP contribution >= 0.6 is 11.3 Å². The highest BCUT2D eigenvalue weighted by Gasteiger charge is 2.31. The second kappa shape index (κ2) is 9.41. The third kappa shape index (κ3) is 5.12. The predicted molar refractivity (Wildman–Crippen MR) is 122 cm³/mol. The predicted octanol–water partition coefficient (Wildman–Crippen LogP) is 4.25. The van der Waals surface area contributed by atoms with Crippen molar-refractivity contribution in [1.82, 2.24) is 9.97 Å². The first-order valence-electron chi connectivity index (χ1n) is 10.1. The molecule has 1 atom stereocenters. The summed E-state index contributed by atoms with van der Waals surface area (Å²) in [6, 6.07) is 9.25. The van der Waals surface area contributed by atoms with E-state index in [0.29, 0.717) is 27.0 Å². The van der Waals surface area contributed by atoms with E-state index in [0.717, 1.165) is 12.1 Å². The number of aromatic nitrogens is 2. The van der Waals surface area contributed by atoms with E-state index in [2.05, 4.69) is 9.97 Å². The molecular weight excluding hydrogens is 489 g/mol. The van der Waals surface area contributed by atoms with E-state index in [1.54, 1.807) is 17.5 Å². The first kappa shape index (κ1) is 24.3. The normalized spacial score (nSPS) is 13.3. The van der Waals surface area contributed by atoms with Gasteiger partial charge in [-0.3, -0.25) is 4.98 Å². The number of benzene rings is 2. The molecule has 2 aromatic heterocycles. The molecule has 1 unspecified atom stereocenters. The summed E-state index contributed by atoms with van der Waals surface area (Å²) < 4.78 is 65.5. The van der Waals surface area contributed by atoms with Gasteiger partial charge in [0.05, 0.1) is 28.9 Å². The SMILES string of the molecule is O=S(=O)(Cc1nccs1)c1ccc2c(-c3ccc(C(F)(F)F)cc3CC(O)CO)nccc2c1. The molecular formula is C23H19F3N2O4S2. The minimum atomic E-state index is -4.58. The largest absolute Gasteiger partial charge is 0.416 e. The smallest absolute Gasteiger partial charge is 0.394 e. The Labute approximate surface area is 197 Å². The van der Waals surface area contributed by atoms with E-state index < -0.39 is 34.3 Å². The summed E-state index contributed by atoms with van der Waals surface area (Å²) in [6.45, 7) is -0.612. The minimum absolute atomic E-state index is 0.0932. The molecule has 0 spiro atoms. The number of thiazole rings is 1. The molecule has 34 heavy (non-hydrogen) atoms. The summed E-state index contributed by atoms with van der Waals surface area (Å²) in [5.74, 6) is -0.240. The second-order valence-corrected chi connectivity index (χ2v) is 10.6. The number of halogens is 3. The highest BCUT2D eigenvalue weighted by Crippen LogP contribution is 2.36. The molecule has 0 aliphatic rings. The van der Waals surface area contributed by atoms with Gasteiger partial charge in [0.15, 0.2) is 9.84 Å². The first-order chi connectivity index (χ1) is 16.1. The molecule has 0 bridgehead atoms. The highest BCUT2D eigenvalue weighted by molar-refractivity contribution is 7.90. The van der Waals surface area contributed by atoms with Gasteiger partial charge in [-0.05, 0) is 41.3 Å². The Morgan fingerprint density at radius 1 is 1.03 bits per heavy atom. The summed E-state index contributed by atoms with van der Waals surface area (Å²) in [4.78, 5) is 8.44. The molecule has 2 heterocycles. The molecule has 0 amide bonds. The van der Waals surface area contributed by atoms with Crippen LogP contribution in [-0.2, 0) is 28.2 Å². The summed E-state index contributed by atoms with van der Waals surface area (Å²) in [7, 11) is -3.66. The third-order valence-electron chi connectivity index (χ3n) is 5.25. The molecule has 178 valence electrons. The van der Waals surface area contributed by atoms with Gasteiger partial charge in [-0.1, -0.05) is 12.1 Å². The number of sulfone groups is 1. The van der Waals surface area contributed by atoms with Gasteiger partial charge in [0, 0.05) is 35.1 Å². The van der Waals surface area contributed by atoms with Crippen molar-refractivity contribution in [1.29, 1.82) is 0 Å². The molecule has 4 rings (SSSR count). The maximum absolute atomic E-state index is 13.3. The van der Waals surface area contributed by atoms with Crippen LogP contribution in [0, 0.1) is 0 Å². The minimum Gasteiger partial charge on any atom is -0.394 e. The van der Waals surface area contributed by atoms with Crippen molar-refractivity contribution in [2.45, 2.75) is 29.3 Å². The van der Waals surface area contributed by atoms with Gasteiger partial charge in [0.25, 0.3) is 0 Å². The average Bonchev–Trinajstić information content (AvgIpc) is 3.30. The molecule has 6 nitrogen and oxygen atoms in total. The van der Waals surface area contributed by atoms with E-state index in [-0.39, 0.29) is 22.6 Å². The molecule has 0 aliphatic heterocycles. The Morgan fingerprint density at radius 2 is 1.82 bits per heavy atom. The van der Waals surface area contributed by atoms with Crippen LogP contribution < -0.4 is 0 Å². The van der Waals surface area contributed by atoms with Crippen LogP contribution in [0.5, 0.6) is 0 Å². The van der Waals surface area contributed by atoms with Gasteiger partial charge >= 0.3 is 6.18 Å². The lowest BCUT2D eigenvalue weighted by Crippen LogP contribution is -2.16. The second-order valence-electron chi connectivity index (χ2n) is 7.64. The van der Waals surface area contributed by atoms with E-state index in [1.165, 1.54) is 41.9 Å². The van der Waals surface area contributed by atoms with Crippen molar-refractivity contribution in [2.24, 2.45) is 0 Å². The van der Waals surface area contributed by atoms with Crippen molar-refractivity contribution in [2.75, 3.05) is 6.61 Å². The molecule has 2 aromatic carbocycles. The van der Waals surface area contributed by atoms with E-state index in [9.17, 15) is 31.8 Å². The molecule has 2 N–H and O–H groups in total. The zero-order valence-corrected chi connectivity index (χ0v) is 19.2. The number of hydrogen-bond acceptors (Lipinski definition) is 7. The van der Waals surface area contributed by atoms with Crippen LogP contribution in [0.25, 0.3) is 22.0 Å². The van der Waals surface area contributed by atoms with Crippen LogP contribution in [-0.4, -0.2) is 41.3 Å². The Hall–Kier alpha value is -2.86. The van der Waals surface area contributed by atoms with Crippen LogP contribution in [0.3, 0.4) is 0 Å². The van der Waals surface area contributed by atoms with Crippen molar-refractivity contribution in [3.63, 3.8) is 0 Å². The lowest BCUT2D eigenvalue weighted by Gasteiger charge is -2.17. The number of nitrogens with zero attached hydrogens (tertiary/aromatic N) is 2. The zero-order chi connectivity index (χ0) is 24.5. The number of hydrogen-bond donors (Lipinski definition) is 2. The van der Waals surface area contributed by atoms with Gasteiger partial charge in [0.2, 0.25) is 0 Å². The zero-order valence-electron chi connectivity index (χ0n) is 17.5. The average molecular weight is 509 g/mol. The van der Waals surface area contributed by atoms with E-state index >= 15 is 0 Å². The standard InChI is InChI=1S/C23H19F3N2O4S2/c24-23(25,26)16-1-3-20(15(9-16)10-17(30)12-29)22-19-4-2-18(11-14(19)5-6-28-22)34(31,32)13-21-27-7-8-33-21/h1-9,11,17,29-30H,10,12-13H2. The summed E-state index contributed by atoms with van der Waals surface area (Å²) in [5, 5.41) is 22.3. The summed E-state index contributed by atoms with van der Waals surface area (Å²) >= 11 is 1.24. The summed E-state index contributed by atoms with van der Waals surface area (Å²) in [5.41, 5.74) is -0.0243. The lowest BCUT2D eigenvalue weighted by molar-refractivity contribution is -0.137. The molecule has 0 saturated carbocycles. The third-order valence-corrected chi connectivity index (χ3v) is 7.83. The number of fused-ring (bicyclic) bond motifs is 1. The number of aliphatic hydroxyl groups excluding tert-OH is 2. The fraction of sp³-hybridized carbons (Fsp3) is 0.217. The van der Waals surface area contributed by atoms with Crippen LogP contribution in [0.4, 0.5) is 13.2 Å². The first-order valence-corrected chi connectivity index (χ1v) is 12.6.